The van der Waals surface area contributed by atoms with Crippen molar-refractivity contribution < 1.29 is 13.2 Å². The highest BCUT2D eigenvalue weighted by atomic mass is 79.9. The Labute approximate surface area is 161 Å². The number of sulfonamides is 1. The molecule has 0 aliphatic carbocycles. The minimum Gasteiger partial charge on any atom is -0.496 e. The van der Waals surface area contributed by atoms with Crippen LogP contribution in [0.3, 0.4) is 0 Å². The van der Waals surface area contributed by atoms with Gasteiger partial charge >= 0.3 is 0 Å². The lowest BCUT2D eigenvalue weighted by Crippen LogP contribution is -2.30. The largest absolute Gasteiger partial charge is 0.496 e. The van der Waals surface area contributed by atoms with Gasteiger partial charge in [-0.15, -0.1) is 11.8 Å². The molecule has 1 heterocycles. The highest BCUT2D eigenvalue weighted by Gasteiger charge is 2.38. The fourth-order valence-electron chi connectivity index (χ4n) is 2.88. The predicted octanol–water partition coefficient (Wildman–Crippen LogP) is 4.46. The number of halogens is 1. The van der Waals surface area contributed by atoms with Gasteiger partial charge in [-0.2, -0.15) is 4.31 Å². The summed E-state index contributed by atoms with van der Waals surface area (Å²) in [4.78, 5) is 0.339. The molecule has 1 aliphatic rings. The Hall–Kier alpha value is -1.02. The molecule has 0 unspecified atom stereocenters. The smallest absolute Gasteiger partial charge is 0.244 e. The van der Waals surface area contributed by atoms with Gasteiger partial charge in [-0.3, -0.25) is 0 Å². The summed E-state index contributed by atoms with van der Waals surface area (Å²) in [7, 11) is -1.95. The van der Waals surface area contributed by atoms with Crippen LogP contribution in [0.15, 0.2) is 51.8 Å². The van der Waals surface area contributed by atoms with Crippen molar-refractivity contribution in [3.8, 4) is 5.75 Å². The molecule has 0 saturated carbocycles. The van der Waals surface area contributed by atoms with Crippen LogP contribution in [-0.4, -0.2) is 32.1 Å². The van der Waals surface area contributed by atoms with E-state index in [1.54, 1.807) is 35.3 Å². The van der Waals surface area contributed by atoms with E-state index in [1.807, 2.05) is 30.3 Å². The molecule has 25 heavy (non-hydrogen) atoms. The first-order valence-electron chi connectivity index (χ1n) is 8.03. The van der Waals surface area contributed by atoms with Crippen molar-refractivity contribution in [1.82, 2.24) is 4.31 Å². The monoisotopic (exact) mass is 441 g/mol. The summed E-state index contributed by atoms with van der Waals surface area (Å²) >= 11 is 5.09. The van der Waals surface area contributed by atoms with Crippen molar-refractivity contribution >= 4 is 37.7 Å². The molecule has 4 nitrogen and oxygen atoms in total. The molecule has 0 N–H and O–H groups in total. The quantitative estimate of drug-likeness (QED) is 0.686. The van der Waals surface area contributed by atoms with E-state index in [2.05, 4.69) is 22.9 Å². The van der Waals surface area contributed by atoms with E-state index in [1.165, 1.54) is 0 Å². The zero-order chi connectivity index (χ0) is 18.0. The molecule has 0 radical (unpaired) electrons. The van der Waals surface area contributed by atoms with Crippen LogP contribution in [0, 0.1) is 0 Å². The predicted molar refractivity (Wildman–Crippen MR) is 106 cm³/mol. The number of methoxy groups -OCH3 is 1. The zero-order valence-corrected chi connectivity index (χ0v) is 17.3. The Balaban J connectivity index is 1.99. The Morgan fingerprint density at radius 3 is 2.60 bits per heavy atom. The van der Waals surface area contributed by atoms with Crippen molar-refractivity contribution in [3.05, 3.63) is 58.1 Å². The topological polar surface area (TPSA) is 46.6 Å². The third-order valence-corrected chi connectivity index (χ3v) is 7.99. The molecule has 3 rings (SSSR count). The van der Waals surface area contributed by atoms with Gasteiger partial charge in [-0.05, 0) is 42.3 Å². The van der Waals surface area contributed by atoms with Gasteiger partial charge in [0.2, 0.25) is 10.0 Å². The zero-order valence-electron chi connectivity index (χ0n) is 14.1. The normalized spacial score (nSPS) is 18.4. The molecular weight excluding hydrogens is 422 g/mol. The maximum atomic E-state index is 13.2. The summed E-state index contributed by atoms with van der Waals surface area (Å²) in [6, 6.07) is 12.8. The minimum absolute atomic E-state index is 0.289. The summed E-state index contributed by atoms with van der Waals surface area (Å²) in [6.07, 6.45) is 0.887. The first-order chi connectivity index (χ1) is 12.0. The SMILES string of the molecule is CCc1ccc(S(=O)(=O)N2CCS[C@H]2c2cc(Br)ccc2OC)cc1. The van der Waals surface area contributed by atoms with E-state index in [0.717, 1.165) is 27.8 Å². The Morgan fingerprint density at radius 1 is 1.24 bits per heavy atom. The maximum absolute atomic E-state index is 13.2. The third kappa shape index (κ3) is 3.74. The molecule has 1 aliphatic heterocycles. The Morgan fingerprint density at radius 2 is 1.96 bits per heavy atom. The van der Waals surface area contributed by atoms with Gasteiger partial charge in [0.15, 0.2) is 0 Å². The van der Waals surface area contributed by atoms with Crippen LogP contribution in [0.5, 0.6) is 5.75 Å². The molecule has 1 atom stereocenters. The number of rotatable bonds is 5. The molecule has 0 bridgehead atoms. The van der Waals surface area contributed by atoms with Crippen molar-refractivity contribution in [2.45, 2.75) is 23.6 Å². The Bertz CT molecular complexity index is 853. The van der Waals surface area contributed by atoms with E-state index in [9.17, 15) is 8.42 Å². The Kier molecular flexibility index (Phi) is 5.78. The first kappa shape index (κ1) is 18.8. The molecule has 1 fully saturated rings. The van der Waals surface area contributed by atoms with E-state index < -0.39 is 10.0 Å². The van der Waals surface area contributed by atoms with Crippen molar-refractivity contribution in [2.24, 2.45) is 0 Å². The third-order valence-electron chi connectivity index (χ3n) is 4.24. The van der Waals surface area contributed by atoms with Crippen LogP contribution in [0.2, 0.25) is 0 Å². The second-order valence-corrected chi connectivity index (χ2v) is 9.72. The number of hydrogen-bond donors (Lipinski definition) is 0. The fraction of sp³-hybridized carbons (Fsp3) is 0.333. The molecule has 2 aromatic rings. The number of benzene rings is 2. The molecule has 0 amide bonds. The molecular formula is C18H20BrNO3S2. The van der Waals surface area contributed by atoms with Crippen LogP contribution in [0.1, 0.15) is 23.4 Å². The van der Waals surface area contributed by atoms with Gasteiger partial charge in [-0.25, -0.2) is 8.42 Å². The van der Waals surface area contributed by atoms with Crippen LogP contribution < -0.4 is 4.74 Å². The summed E-state index contributed by atoms with van der Waals surface area (Å²) in [5.41, 5.74) is 1.99. The molecule has 0 spiro atoms. The second kappa shape index (κ2) is 7.70. The number of nitrogens with zero attached hydrogens (tertiary/aromatic N) is 1. The van der Waals surface area contributed by atoms with Crippen molar-refractivity contribution in [2.75, 3.05) is 19.4 Å². The lowest BCUT2D eigenvalue weighted by molar-refractivity contribution is 0.390. The standard InChI is InChI=1S/C18H20BrNO3S2/c1-3-13-4-7-15(8-5-13)25(21,22)20-10-11-24-18(20)16-12-14(19)6-9-17(16)23-2/h4-9,12,18H,3,10-11H2,1-2H3/t18-/m0/s1. The van der Waals surface area contributed by atoms with Crippen LogP contribution in [-0.2, 0) is 16.4 Å². The lowest BCUT2D eigenvalue weighted by atomic mass is 10.2. The first-order valence-corrected chi connectivity index (χ1v) is 11.3. The highest BCUT2D eigenvalue weighted by Crippen LogP contribution is 2.45. The van der Waals surface area contributed by atoms with Gasteiger partial charge in [0.1, 0.15) is 5.75 Å². The maximum Gasteiger partial charge on any atom is 0.244 e. The second-order valence-electron chi connectivity index (χ2n) is 5.72. The lowest BCUT2D eigenvalue weighted by Gasteiger charge is -2.25. The highest BCUT2D eigenvalue weighted by molar-refractivity contribution is 9.10. The van der Waals surface area contributed by atoms with Crippen molar-refractivity contribution in [3.63, 3.8) is 0 Å². The van der Waals surface area contributed by atoms with Gasteiger partial charge < -0.3 is 4.74 Å². The number of hydrogen-bond acceptors (Lipinski definition) is 4. The average molecular weight is 442 g/mol. The van der Waals surface area contributed by atoms with Gasteiger partial charge in [0, 0.05) is 22.3 Å². The molecule has 1 saturated heterocycles. The molecule has 134 valence electrons. The van der Waals surface area contributed by atoms with Gasteiger partial charge in [-0.1, -0.05) is 35.0 Å². The summed E-state index contributed by atoms with van der Waals surface area (Å²) < 4.78 is 34.3. The average Bonchev–Trinajstić information content (AvgIpc) is 3.12. The summed E-state index contributed by atoms with van der Waals surface area (Å²) in [6.45, 7) is 2.54. The van der Waals surface area contributed by atoms with Gasteiger partial charge in [0.25, 0.3) is 0 Å². The van der Waals surface area contributed by atoms with E-state index in [4.69, 9.17) is 4.74 Å². The van der Waals surface area contributed by atoms with Crippen LogP contribution in [0.4, 0.5) is 0 Å². The molecule has 0 aromatic heterocycles. The number of aryl methyl sites for hydroxylation is 1. The van der Waals surface area contributed by atoms with E-state index in [0.29, 0.717) is 17.2 Å². The molecule has 2 aromatic carbocycles. The minimum atomic E-state index is -3.56. The van der Waals surface area contributed by atoms with Crippen molar-refractivity contribution in [1.29, 1.82) is 0 Å². The van der Waals surface area contributed by atoms with Crippen LogP contribution in [0.25, 0.3) is 0 Å². The van der Waals surface area contributed by atoms with E-state index >= 15 is 0 Å². The number of ether oxygens (including phenoxy) is 1. The van der Waals surface area contributed by atoms with E-state index in [-0.39, 0.29) is 5.37 Å². The summed E-state index contributed by atoms with van der Waals surface area (Å²) in [5.74, 6) is 1.45. The van der Waals surface area contributed by atoms with Crippen LogP contribution >= 0.6 is 27.7 Å². The fourth-order valence-corrected chi connectivity index (χ4v) is 6.50. The summed E-state index contributed by atoms with van der Waals surface area (Å²) in [5, 5.41) is -0.289. The van der Waals surface area contributed by atoms with Gasteiger partial charge in [0.05, 0.1) is 17.4 Å². The molecule has 7 heteroatoms. The number of thioether (sulfide) groups is 1.